The molecule has 1 aliphatic rings. The third kappa shape index (κ3) is 4.91. The summed E-state index contributed by atoms with van der Waals surface area (Å²) in [6, 6.07) is -1.32. The Balaban J connectivity index is 2.61. The molecule has 0 bridgehead atoms. The zero-order chi connectivity index (χ0) is 16.2. The molecule has 1 rings (SSSR count). The SMILES string of the molecule is COC(=O)[C@@H]1CCCN1C(=O)[C@H](C)NC(=O)OC(C)(C)C. The fraction of sp³-hybridized carbons (Fsp3) is 0.786. The lowest BCUT2D eigenvalue weighted by atomic mass is 10.2. The maximum absolute atomic E-state index is 12.3. The van der Waals surface area contributed by atoms with Gasteiger partial charge in [0.1, 0.15) is 17.7 Å². The van der Waals surface area contributed by atoms with Crippen LogP contribution in [-0.4, -0.2) is 54.2 Å². The second-order valence-corrected chi connectivity index (χ2v) is 6.08. The highest BCUT2D eigenvalue weighted by atomic mass is 16.6. The van der Waals surface area contributed by atoms with E-state index in [1.54, 1.807) is 27.7 Å². The van der Waals surface area contributed by atoms with Gasteiger partial charge in [0.25, 0.3) is 0 Å². The number of methoxy groups -OCH3 is 1. The first kappa shape index (κ1) is 17.3. The maximum Gasteiger partial charge on any atom is 0.408 e. The van der Waals surface area contributed by atoms with Gasteiger partial charge in [-0.2, -0.15) is 0 Å². The molecule has 21 heavy (non-hydrogen) atoms. The first-order valence-electron chi connectivity index (χ1n) is 7.03. The van der Waals surface area contributed by atoms with Crippen LogP contribution in [0.25, 0.3) is 0 Å². The highest BCUT2D eigenvalue weighted by Gasteiger charge is 2.37. The van der Waals surface area contributed by atoms with Crippen LogP contribution in [0.3, 0.4) is 0 Å². The second kappa shape index (κ2) is 6.78. The van der Waals surface area contributed by atoms with Crippen LogP contribution in [0.4, 0.5) is 4.79 Å². The topological polar surface area (TPSA) is 84.9 Å². The van der Waals surface area contributed by atoms with Gasteiger partial charge in [-0.15, -0.1) is 0 Å². The number of nitrogens with zero attached hydrogens (tertiary/aromatic N) is 1. The van der Waals surface area contributed by atoms with Crippen molar-refractivity contribution < 1.29 is 23.9 Å². The second-order valence-electron chi connectivity index (χ2n) is 6.08. The summed E-state index contributed by atoms with van der Waals surface area (Å²) in [5.74, 6) is -0.737. The molecule has 1 fully saturated rings. The van der Waals surface area contributed by atoms with E-state index in [1.165, 1.54) is 12.0 Å². The number of carbonyl (C=O) groups excluding carboxylic acids is 3. The summed E-state index contributed by atoms with van der Waals surface area (Å²) in [4.78, 5) is 37.1. The molecule has 0 spiro atoms. The van der Waals surface area contributed by atoms with Crippen LogP contribution in [0.1, 0.15) is 40.5 Å². The quantitative estimate of drug-likeness (QED) is 0.788. The van der Waals surface area contributed by atoms with Gasteiger partial charge in [-0.25, -0.2) is 9.59 Å². The molecule has 1 saturated heterocycles. The van der Waals surface area contributed by atoms with Crippen molar-refractivity contribution in [3.8, 4) is 0 Å². The number of esters is 1. The number of likely N-dealkylation sites (tertiary alicyclic amines) is 1. The normalized spacial score (nSPS) is 19.9. The van der Waals surface area contributed by atoms with E-state index in [0.717, 1.165) is 6.42 Å². The van der Waals surface area contributed by atoms with Gasteiger partial charge in [0, 0.05) is 6.54 Å². The van der Waals surface area contributed by atoms with E-state index in [1.807, 2.05) is 0 Å². The van der Waals surface area contributed by atoms with E-state index in [-0.39, 0.29) is 5.91 Å². The standard InChI is InChI=1S/C14H24N2O5/c1-9(15-13(19)21-14(2,3)4)11(17)16-8-6-7-10(16)12(18)20-5/h9-10H,6-8H2,1-5H3,(H,15,19)/t9-,10-/m0/s1. The lowest BCUT2D eigenvalue weighted by Crippen LogP contribution is -2.51. The van der Waals surface area contributed by atoms with Crippen LogP contribution in [0.5, 0.6) is 0 Å². The number of ether oxygens (including phenoxy) is 2. The maximum atomic E-state index is 12.3. The van der Waals surface area contributed by atoms with Gasteiger partial charge in [0.2, 0.25) is 5.91 Å². The molecule has 2 amide bonds. The molecule has 0 aromatic carbocycles. The summed E-state index contributed by atoms with van der Waals surface area (Å²) in [5.41, 5.74) is -0.630. The highest BCUT2D eigenvalue weighted by Crippen LogP contribution is 2.19. The minimum absolute atomic E-state index is 0.311. The Labute approximate surface area is 124 Å². The van der Waals surface area contributed by atoms with Gasteiger partial charge >= 0.3 is 12.1 Å². The van der Waals surface area contributed by atoms with Crippen molar-refractivity contribution in [1.29, 1.82) is 0 Å². The Morgan fingerprint density at radius 3 is 2.43 bits per heavy atom. The van der Waals surface area contributed by atoms with Crippen molar-refractivity contribution in [3.63, 3.8) is 0 Å². The molecule has 0 saturated carbocycles. The Morgan fingerprint density at radius 1 is 1.29 bits per heavy atom. The van der Waals surface area contributed by atoms with Crippen LogP contribution in [0.2, 0.25) is 0 Å². The molecule has 0 aromatic heterocycles. The van der Waals surface area contributed by atoms with E-state index in [0.29, 0.717) is 13.0 Å². The molecule has 1 heterocycles. The molecule has 0 radical (unpaired) electrons. The number of hydrogen-bond donors (Lipinski definition) is 1. The van der Waals surface area contributed by atoms with Crippen molar-refractivity contribution in [2.45, 2.75) is 58.2 Å². The third-order valence-corrected chi connectivity index (χ3v) is 3.11. The number of carbonyl (C=O) groups is 3. The largest absolute Gasteiger partial charge is 0.467 e. The van der Waals surface area contributed by atoms with E-state index >= 15 is 0 Å². The highest BCUT2D eigenvalue weighted by molar-refractivity contribution is 5.89. The van der Waals surface area contributed by atoms with Gasteiger partial charge in [-0.1, -0.05) is 0 Å². The van der Waals surface area contributed by atoms with Gasteiger partial charge < -0.3 is 19.7 Å². The van der Waals surface area contributed by atoms with Gasteiger partial charge in [0.15, 0.2) is 0 Å². The zero-order valence-electron chi connectivity index (χ0n) is 13.3. The minimum atomic E-state index is -0.759. The predicted octanol–water partition coefficient (Wildman–Crippen LogP) is 1.06. The predicted molar refractivity (Wildman–Crippen MR) is 75.6 cm³/mol. The third-order valence-electron chi connectivity index (χ3n) is 3.11. The number of alkyl carbamates (subject to hydrolysis) is 1. The molecule has 0 unspecified atom stereocenters. The first-order chi connectivity index (χ1) is 9.65. The molecule has 1 N–H and O–H groups in total. The fourth-order valence-corrected chi connectivity index (χ4v) is 2.21. The average Bonchev–Trinajstić information content (AvgIpc) is 2.83. The van der Waals surface area contributed by atoms with Crippen LogP contribution in [-0.2, 0) is 19.1 Å². The average molecular weight is 300 g/mol. The van der Waals surface area contributed by atoms with Crippen molar-refractivity contribution in [3.05, 3.63) is 0 Å². The fourth-order valence-electron chi connectivity index (χ4n) is 2.21. The van der Waals surface area contributed by atoms with Crippen LogP contribution >= 0.6 is 0 Å². The summed E-state index contributed by atoms with van der Waals surface area (Å²) in [6.45, 7) is 7.28. The van der Waals surface area contributed by atoms with Crippen LogP contribution in [0, 0.1) is 0 Å². The number of hydrogen-bond acceptors (Lipinski definition) is 5. The van der Waals surface area contributed by atoms with Crippen molar-refractivity contribution in [2.24, 2.45) is 0 Å². The molecule has 1 aliphatic heterocycles. The van der Waals surface area contributed by atoms with Gasteiger partial charge in [-0.05, 0) is 40.5 Å². The van der Waals surface area contributed by atoms with Crippen LogP contribution in [0.15, 0.2) is 0 Å². The Bertz CT molecular complexity index is 416. The first-order valence-corrected chi connectivity index (χ1v) is 7.03. The number of amides is 2. The summed E-state index contributed by atoms with van der Waals surface area (Å²) < 4.78 is 9.80. The monoisotopic (exact) mass is 300 g/mol. The number of nitrogens with one attached hydrogen (secondary N) is 1. The Kier molecular flexibility index (Phi) is 5.57. The molecule has 0 aromatic rings. The summed E-state index contributed by atoms with van der Waals surface area (Å²) in [6.07, 6.45) is 0.666. The summed E-state index contributed by atoms with van der Waals surface area (Å²) >= 11 is 0. The minimum Gasteiger partial charge on any atom is -0.467 e. The van der Waals surface area contributed by atoms with E-state index in [4.69, 9.17) is 9.47 Å². The lowest BCUT2D eigenvalue weighted by Gasteiger charge is -2.27. The molecule has 2 atom stereocenters. The van der Waals surface area contributed by atoms with Crippen molar-refractivity contribution in [1.82, 2.24) is 10.2 Å². The smallest absolute Gasteiger partial charge is 0.408 e. The van der Waals surface area contributed by atoms with Gasteiger partial charge in [-0.3, -0.25) is 4.79 Å². The molecule has 7 nitrogen and oxygen atoms in total. The zero-order valence-corrected chi connectivity index (χ0v) is 13.3. The molecule has 120 valence electrons. The van der Waals surface area contributed by atoms with Crippen LogP contribution < -0.4 is 5.32 Å². The Morgan fingerprint density at radius 2 is 1.90 bits per heavy atom. The van der Waals surface area contributed by atoms with E-state index in [9.17, 15) is 14.4 Å². The molecular weight excluding hydrogens is 276 g/mol. The summed E-state index contributed by atoms with van der Waals surface area (Å²) in [5, 5.41) is 2.49. The van der Waals surface area contributed by atoms with Gasteiger partial charge in [0.05, 0.1) is 7.11 Å². The van der Waals surface area contributed by atoms with Crippen molar-refractivity contribution in [2.75, 3.05) is 13.7 Å². The Hall–Kier alpha value is -1.79. The van der Waals surface area contributed by atoms with Crippen molar-refractivity contribution >= 4 is 18.0 Å². The lowest BCUT2D eigenvalue weighted by molar-refractivity contribution is -0.151. The van der Waals surface area contributed by atoms with E-state index < -0.39 is 29.7 Å². The van der Waals surface area contributed by atoms with E-state index in [2.05, 4.69) is 5.32 Å². The molecule has 7 heteroatoms. The summed E-state index contributed by atoms with van der Waals surface area (Å²) in [7, 11) is 1.30. The number of rotatable bonds is 3. The molecular formula is C14H24N2O5. The molecule has 0 aliphatic carbocycles.